The summed E-state index contributed by atoms with van der Waals surface area (Å²) in [6, 6.07) is 0. The van der Waals surface area contributed by atoms with Gasteiger partial charge in [0.25, 0.3) is 0 Å². The molecule has 1 N–H and O–H groups in total. The summed E-state index contributed by atoms with van der Waals surface area (Å²) < 4.78 is 0.874. The summed E-state index contributed by atoms with van der Waals surface area (Å²) in [6.45, 7) is 17.5. The van der Waals surface area contributed by atoms with Gasteiger partial charge in [-0.3, -0.25) is 4.79 Å². The Morgan fingerprint density at radius 2 is 1.50 bits per heavy atom. The number of quaternary nitrogens is 1. The largest absolute Gasteiger partial charge is 0.481 e. The molecule has 3 nitrogen and oxygen atoms in total. The van der Waals surface area contributed by atoms with Gasteiger partial charge in [0.2, 0.25) is 0 Å². The van der Waals surface area contributed by atoms with Crippen molar-refractivity contribution in [1.29, 1.82) is 0 Å². The molecule has 0 rings (SSSR count). The van der Waals surface area contributed by atoms with Crippen LogP contribution in [0.25, 0.3) is 0 Å². The highest BCUT2D eigenvalue weighted by Gasteiger charge is 2.37. The quantitative estimate of drug-likeness (QED) is 0.739. The molecule has 0 aliphatic heterocycles. The molecule has 0 aromatic heterocycles. The van der Waals surface area contributed by atoms with Crippen LogP contribution in [-0.4, -0.2) is 40.7 Å². The molecule has 0 heterocycles. The molecular weight excluding hydrogens is 202 g/mol. The first kappa shape index (κ1) is 17.8. The lowest BCUT2D eigenvalue weighted by Crippen LogP contribution is -2.60. The van der Waals surface area contributed by atoms with Crippen LogP contribution in [0.1, 0.15) is 54.9 Å². The van der Waals surface area contributed by atoms with Crippen LogP contribution in [0, 0.1) is 0 Å². The van der Waals surface area contributed by atoms with E-state index >= 15 is 0 Å². The van der Waals surface area contributed by atoms with Crippen molar-refractivity contribution in [2.24, 2.45) is 0 Å². The number of hydrogen-bond acceptors (Lipinski definition) is 1. The second kappa shape index (κ2) is 7.66. The molecule has 0 spiro atoms. The van der Waals surface area contributed by atoms with Crippen LogP contribution >= 0.6 is 0 Å². The predicted molar refractivity (Wildman–Crippen MR) is 69.6 cm³/mol. The van der Waals surface area contributed by atoms with Gasteiger partial charge in [-0.25, -0.2) is 0 Å². The van der Waals surface area contributed by atoms with Crippen molar-refractivity contribution in [3.8, 4) is 0 Å². The van der Waals surface area contributed by atoms with Gasteiger partial charge >= 0.3 is 5.97 Å². The normalized spacial score (nSPS) is 11.7. The lowest BCUT2D eigenvalue weighted by atomic mass is 10.0. The van der Waals surface area contributed by atoms with E-state index in [2.05, 4.69) is 34.6 Å². The average Bonchev–Trinajstić information content (AvgIpc) is 2.20. The zero-order chi connectivity index (χ0) is 13.4. The lowest BCUT2D eigenvalue weighted by Gasteiger charge is -2.47. The van der Waals surface area contributed by atoms with E-state index in [9.17, 15) is 4.79 Å². The molecule has 0 amide bonds. The fourth-order valence-electron chi connectivity index (χ4n) is 2.13. The van der Waals surface area contributed by atoms with Crippen LogP contribution in [0.3, 0.4) is 0 Å². The molecule has 16 heavy (non-hydrogen) atoms. The van der Waals surface area contributed by atoms with Crippen LogP contribution in [0.5, 0.6) is 0 Å². The monoisotopic (exact) mass is 232 g/mol. The molecule has 3 heteroatoms. The van der Waals surface area contributed by atoms with Crippen LogP contribution < -0.4 is 0 Å². The van der Waals surface area contributed by atoms with Gasteiger partial charge in [0, 0.05) is 0 Å². The standard InChI is InChI=1S/C11H23NO2.C2H6/c1-6-12(7-2,11(3,4)5)9-8-10(13)14;1-2/h6-9H2,1-5H3;1-2H3/p+1. The van der Waals surface area contributed by atoms with Gasteiger partial charge in [-0.2, -0.15) is 0 Å². The average molecular weight is 232 g/mol. The first-order valence-corrected chi connectivity index (χ1v) is 6.37. The van der Waals surface area contributed by atoms with Gasteiger partial charge < -0.3 is 9.59 Å². The number of rotatable bonds is 5. The molecular formula is C13H30NO2+. The first-order chi connectivity index (χ1) is 7.29. The third kappa shape index (κ3) is 4.97. The number of carboxylic acid groups (broad SMARTS) is 1. The van der Waals surface area contributed by atoms with Crippen LogP contribution in [0.4, 0.5) is 0 Å². The Labute approximate surface area is 101 Å². The summed E-state index contributed by atoms with van der Waals surface area (Å²) in [5, 5.41) is 8.72. The van der Waals surface area contributed by atoms with E-state index in [4.69, 9.17) is 5.11 Å². The Bertz CT molecular complexity index is 191. The lowest BCUT2D eigenvalue weighted by molar-refractivity contribution is -0.967. The van der Waals surface area contributed by atoms with E-state index in [-0.39, 0.29) is 12.0 Å². The second-order valence-corrected chi connectivity index (χ2v) is 4.82. The van der Waals surface area contributed by atoms with Crippen molar-refractivity contribution in [3.63, 3.8) is 0 Å². The minimum atomic E-state index is -0.696. The molecule has 0 bridgehead atoms. The van der Waals surface area contributed by atoms with Crippen molar-refractivity contribution < 1.29 is 14.4 Å². The molecule has 0 unspecified atom stereocenters. The third-order valence-corrected chi connectivity index (χ3v) is 3.39. The maximum absolute atomic E-state index is 10.6. The van der Waals surface area contributed by atoms with Crippen LogP contribution in [0.2, 0.25) is 0 Å². The summed E-state index contributed by atoms with van der Waals surface area (Å²) >= 11 is 0. The molecule has 0 aliphatic rings. The Balaban J connectivity index is 0. The zero-order valence-corrected chi connectivity index (χ0v) is 12.1. The van der Waals surface area contributed by atoms with Gasteiger partial charge in [-0.1, -0.05) is 13.8 Å². The third-order valence-electron chi connectivity index (χ3n) is 3.39. The van der Waals surface area contributed by atoms with Crippen molar-refractivity contribution >= 4 is 5.97 Å². The molecule has 0 radical (unpaired) electrons. The number of carboxylic acids is 1. The number of nitrogens with zero attached hydrogens (tertiary/aromatic N) is 1. The Hall–Kier alpha value is -0.570. The van der Waals surface area contributed by atoms with E-state index in [1.165, 1.54) is 0 Å². The fourth-order valence-corrected chi connectivity index (χ4v) is 2.13. The second-order valence-electron chi connectivity index (χ2n) is 4.82. The minimum Gasteiger partial charge on any atom is -0.481 e. The first-order valence-electron chi connectivity index (χ1n) is 6.37. The predicted octanol–water partition coefficient (Wildman–Crippen LogP) is 3.14. The van der Waals surface area contributed by atoms with Crippen molar-refractivity contribution in [2.45, 2.75) is 60.4 Å². The highest BCUT2D eigenvalue weighted by atomic mass is 16.4. The summed E-state index contributed by atoms with van der Waals surface area (Å²) in [4.78, 5) is 10.6. The van der Waals surface area contributed by atoms with Crippen LogP contribution in [-0.2, 0) is 4.79 Å². The summed E-state index contributed by atoms with van der Waals surface area (Å²) in [7, 11) is 0. The maximum atomic E-state index is 10.6. The molecule has 0 aromatic carbocycles. The maximum Gasteiger partial charge on any atom is 0.309 e. The Kier molecular flexibility index (Phi) is 8.53. The van der Waals surface area contributed by atoms with Crippen molar-refractivity contribution in [1.82, 2.24) is 0 Å². The Morgan fingerprint density at radius 1 is 1.12 bits per heavy atom. The van der Waals surface area contributed by atoms with Gasteiger partial charge in [-0.15, -0.1) is 0 Å². The number of hydrogen-bond donors (Lipinski definition) is 1. The molecule has 0 aromatic rings. The van der Waals surface area contributed by atoms with Gasteiger partial charge in [-0.05, 0) is 34.6 Å². The van der Waals surface area contributed by atoms with E-state index in [0.29, 0.717) is 0 Å². The molecule has 0 saturated heterocycles. The topological polar surface area (TPSA) is 37.3 Å². The summed E-state index contributed by atoms with van der Waals surface area (Å²) in [5.41, 5.74) is 0.124. The van der Waals surface area contributed by atoms with E-state index in [1.807, 2.05) is 13.8 Å². The summed E-state index contributed by atoms with van der Waals surface area (Å²) in [6.07, 6.45) is 0.263. The molecule has 0 fully saturated rings. The number of carbonyl (C=O) groups is 1. The fraction of sp³-hybridized carbons (Fsp3) is 0.923. The Morgan fingerprint density at radius 3 is 1.69 bits per heavy atom. The van der Waals surface area contributed by atoms with E-state index < -0.39 is 5.97 Å². The van der Waals surface area contributed by atoms with Gasteiger partial charge in [0.15, 0.2) is 0 Å². The minimum absolute atomic E-state index is 0.124. The van der Waals surface area contributed by atoms with Crippen molar-refractivity contribution in [2.75, 3.05) is 19.6 Å². The zero-order valence-electron chi connectivity index (χ0n) is 12.1. The highest BCUT2D eigenvalue weighted by Crippen LogP contribution is 2.24. The van der Waals surface area contributed by atoms with Gasteiger partial charge in [0.1, 0.15) is 0 Å². The van der Waals surface area contributed by atoms with Crippen molar-refractivity contribution in [3.05, 3.63) is 0 Å². The highest BCUT2D eigenvalue weighted by molar-refractivity contribution is 5.66. The summed E-state index contributed by atoms with van der Waals surface area (Å²) in [5.74, 6) is -0.696. The smallest absolute Gasteiger partial charge is 0.309 e. The molecule has 0 aliphatic carbocycles. The van der Waals surface area contributed by atoms with Crippen LogP contribution in [0.15, 0.2) is 0 Å². The SMILES string of the molecule is CC.CC[N+](CC)(CCC(=O)O)C(C)(C)C. The molecule has 98 valence electrons. The van der Waals surface area contributed by atoms with E-state index in [1.54, 1.807) is 0 Å². The molecule has 0 saturated carbocycles. The van der Waals surface area contributed by atoms with Gasteiger partial charge in [0.05, 0.1) is 31.6 Å². The van der Waals surface area contributed by atoms with E-state index in [0.717, 1.165) is 24.1 Å². The molecule has 0 atom stereocenters. The number of aliphatic carboxylic acids is 1.